The maximum absolute atomic E-state index is 14.2. The van der Waals surface area contributed by atoms with Gasteiger partial charge in [0.25, 0.3) is 0 Å². The lowest BCUT2D eigenvalue weighted by molar-refractivity contribution is 0.584. The van der Waals surface area contributed by atoms with Crippen LogP contribution in [-0.2, 0) is 0 Å². The topological polar surface area (TPSA) is 56.5 Å². The number of aromatic nitrogens is 5. The second kappa shape index (κ2) is 10.2. The summed E-state index contributed by atoms with van der Waals surface area (Å²) < 4.78 is 30.4. The molecule has 7 heteroatoms. The normalized spacial score (nSPS) is 11.2. The average molecular weight is 538 g/mol. The number of imidazole rings is 1. The standard InChI is InChI=1S/C34H21F2N5/c35-26-18-25(19-27(36)21-26)34-37-29-16-7-8-17-30(29)41(34)28-15-9-14-24(20-28)33-39-31(22-10-3-1-4-11-22)38-32(40-33)23-12-5-2-6-13-23/h1-21H. The lowest BCUT2D eigenvalue weighted by atomic mass is 10.1. The van der Waals surface area contributed by atoms with Gasteiger partial charge in [-0.05, 0) is 36.4 Å². The largest absolute Gasteiger partial charge is 0.292 e. The smallest absolute Gasteiger partial charge is 0.164 e. The average Bonchev–Trinajstić information content (AvgIpc) is 3.41. The molecule has 2 heterocycles. The van der Waals surface area contributed by atoms with E-state index in [1.807, 2.05) is 114 Å². The van der Waals surface area contributed by atoms with E-state index in [0.717, 1.165) is 34.0 Å². The highest BCUT2D eigenvalue weighted by molar-refractivity contribution is 5.83. The van der Waals surface area contributed by atoms with E-state index in [9.17, 15) is 8.78 Å². The fourth-order valence-corrected chi connectivity index (χ4v) is 4.89. The van der Waals surface area contributed by atoms with Crippen molar-refractivity contribution < 1.29 is 8.78 Å². The Hall–Kier alpha value is -5.56. The molecule has 0 atom stereocenters. The number of nitrogens with zero attached hydrogens (tertiary/aromatic N) is 5. The van der Waals surface area contributed by atoms with E-state index in [1.54, 1.807) is 0 Å². The minimum atomic E-state index is -0.667. The number of halogens is 2. The van der Waals surface area contributed by atoms with Gasteiger partial charge in [-0.3, -0.25) is 4.57 Å². The van der Waals surface area contributed by atoms with Crippen LogP contribution in [0.1, 0.15) is 0 Å². The molecule has 0 aliphatic rings. The fourth-order valence-electron chi connectivity index (χ4n) is 4.89. The molecule has 0 aliphatic heterocycles. The van der Waals surface area contributed by atoms with Crippen molar-refractivity contribution in [2.45, 2.75) is 0 Å². The summed E-state index contributed by atoms with van der Waals surface area (Å²) in [5, 5.41) is 0. The molecule has 5 nitrogen and oxygen atoms in total. The van der Waals surface area contributed by atoms with Gasteiger partial charge < -0.3 is 0 Å². The van der Waals surface area contributed by atoms with Gasteiger partial charge >= 0.3 is 0 Å². The van der Waals surface area contributed by atoms with Gasteiger partial charge in [0, 0.05) is 34.0 Å². The molecule has 0 unspecified atom stereocenters. The molecule has 0 fully saturated rings. The Labute approximate surface area is 234 Å². The summed E-state index contributed by atoms with van der Waals surface area (Å²) in [6, 6.07) is 38.3. The highest BCUT2D eigenvalue weighted by Gasteiger charge is 2.18. The number of hydrogen-bond donors (Lipinski definition) is 0. The van der Waals surface area contributed by atoms with Gasteiger partial charge in [-0.15, -0.1) is 0 Å². The van der Waals surface area contributed by atoms with E-state index < -0.39 is 11.6 Å². The third-order valence-electron chi connectivity index (χ3n) is 6.74. The Kier molecular flexibility index (Phi) is 6.09. The van der Waals surface area contributed by atoms with Gasteiger partial charge in [0.2, 0.25) is 0 Å². The fraction of sp³-hybridized carbons (Fsp3) is 0. The summed E-state index contributed by atoms with van der Waals surface area (Å²) in [7, 11) is 0. The van der Waals surface area contributed by atoms with Gasteiger partial charge in [-0.25, -0.2) is 28.7 Å². The predicted octanol–water partition coefficient (Wildman–Crippen LogP) is 8.16. The van der Waals surface area contributed by atoms with Crippen LogP contribution in [0.15, 0.2) is 127 Å². The molecule has 0 bridgehead atoms. The molecule has 0 aliphatic carbocycles. The molecule has 196 valence electrons. The van der Waals surface area contributed by atoms with Crippen LogP contribution in [0.5, 0.6) is 0 Å². The molecule has 2 aromatic heterocycles. The quantitative estimate of drug-likeness (QED) is 0.222. The van der Waals surface area contributed by atoms with E-state index >= 15 is 0 Å². The van der Waals surface area contributed by atoms with Gasteiger partial charge in [-0.2, -0.15) is 0 Å². The number of fused-ring (bicyclic) bond motifs is 1. The van der Waals surface area contributed by atoms with Gasteiger partial charge in [0.15, 0.2) is 17.5 Å². The van der Waals surface area contributed by atoms with Crippen LogP contribution in [0.25, 0.3) is 62.3 Å². The van der Waals surface area contributed by atoms with E-state index in [1.165, 1.54) is 12.1 Å². The van der Waals surface area contributed by atoms with Crippen molar-refractivity contribution in [2.24, 2.45) is 0 Å². The first-order chi connectivity index (χ1) is 20.1. The Morgan fingerprint density at radius 1 is 0.439 bits per heavy atom. The number of para-hydroxylation sites is 2. The van der Waals surface area contributed by atoms with Crippen LogP contribution in [-0.4, -0.2) is 24.5 Å². The summed E-state index contributed by atoms with van der Waals surface area (Å²) >= 11 is 0. The van der Waals surface area contributed by atoms with Crippen molar-refractivity contribution in [3.8, 4) is 51.2 Å². The Morgan fingerprint density at radius 2 is 0.976 bits per heavy atom. The van der Waals surface area contributed by atoms with E-state index in [0.29, 0.717) is 34.4 Å². The summed E-state index contributed by atoms with van der Waals surface area (Å²) in [6.45, 7) is 0. The van der Waals surface area contributed by atoms with Crippen molar-refractivity contribution in [3.05, 3.63) is 139 Å². The Balaban J connectivity index is 1.42. The highest BCUT2D eigenvalue weighted by atomic mass is 19.1. The summed E-state index contributed by atoms with van der Waals surface area (Å²) in [6.07, 6.45) is 0. The molecule has 0 saturated carbocycles. The second-order valence-corrected chi connectivity index (χ2v) is 9.51. The first kappa shape index (κ1) is 24.5. The molecule has 0 saturated heterocycles. The molecular weight excluding hydrogens is 516 g/mol. The van der Waals surface area contributed by atoms with Gasteiger partial charge in [-0.1, -0.05) is 84.9 Å². The minimum Gasteiger partial charge on any atom is -0.292 e. The number of rotatable bonds is 5. The van der Waals surface area contributed by atoms with E-state index in [-0.39, 0.29) is 0 Å². The number of hydrogen-bond acceptors (Lipinski definition) is 4. The van der Waals surface area contributed by atoms with E-state index in [4.69, 9.17) is 19.9 Å². The second-order valence-electron chi connectivity index (χ2n) is 9.51. The minimum absolute atomic E-state index is 0.335. The van der Waals surface area contributed by atoms with Gasteiger partial charge in [0.1, 0.15) is 17.5 Å². The summed E-state index contributed by atoms with van der Waals surface area (Å²) in [5.41, 5.74) is 5.10. The Morgan fingerprint density at radius 3 is 1.61 bits per heavy atom. The lowest BCUT2D eigenvalue weighted by Gasteiger charge is -2.12. The zero-order valence-electron chi connectivity index (χ0n) is 21.6. The SMILES string of the molecule is Fc1cc(F)cc(-c2nc3ccccc3n2-c2cccc(-c3nc(-c4ccccc4)nc(-c4ccccc4)n3)c2)c1. The zero-order chi connectivity index (χ0) is 27.8. The molecule has 0 amide bonds. The maximum Gasteiger partial charge on any atom is 0.164 e. The van der Waals surface area contributed by atoms with Crippen molar-refractivity contribution in [3.63, 3.8) is 0 Å². The van der Waals surface area contributed by atoms with Crippen LogP contribution in [0.4, 0.5) is 8.78 Å². The van der Waals surface area contributed by atoms with Crippen LogP contribution in [0.2, 0.25) is 0 Å². The van der Waals surface area contributed by atoms with Crippen LogP contribution in [0, 0.1) is 11.6 Å². The van der Waals surface area contributed by atoms with Crippen LogP contribution in [0.3, 0.4) is 0 Å². The first-order valence-electron chi connectivity index (χ1n) is 13.0. The lowest BCUT2D eigenvalue weighted by Crippen LogP contribution is -2.02. The molecule has 7 aromatic rings. The van der Waals surface area contributed by atoms with Gasteiger partial charge in [0.05, 0.1) is 11.0 Å². The number of benzene rings is 5. The van der Waals surface area contributed by atoms with Crippen molar-refractivity contribution in [1.82, 2.24) is 24.5 Å². The monoisotopic (exact) mass is 537 g/mol. The predicted molar refractivity (Wildman–Crippen MR) is 156 cm³/mol. The summed E-state index contributed by atoms with van der Waals surface area (Å²) in [4.78, 5) is 19.2. The van der Waals surface area contributed by atoms with Crippen molar-refractivity contribution in [2.75, 3.05) is 0 Å². The molecule has 41 heavy (non-hydrogen) atoms. The van der Waals surface area contributed by atoms with Crippen molar-refractivity contribution in [1.29, 1.82) is 0 Å². The molecule has 0 radical (unpaired) electrons. The highest BCUT2D eigenvalue weighted by Crippen LogP contribution is 2.32. The Bertz CT molecular complexity index is 1940. The molecular formula is C34H21F2N5. The molecule has 0 spiro atoms. The van der Waals surface area contributed by atoms with Crippen LogP contribution >= 0.6 is 0 Å². The maximum atomic E-state index is 14.2. The molecule has 7 rings (SSSR count). The third-order valence-corrected chi connectivity index (χ3v) is 6.74. The third kappa shape index (κ3) is 4.74. The summed E-state index contributed by atoms with van der Waals surface area (Å²) in [5.74, 6) is 0.709. The van der Waals surface area contributed by atoms with E-state index in [2.05, 4.69) is 0 Å². The molecule has 0 N–H and O–H groups in total. The molecule has 5 aromatic carbocycles. The van der Waals surface area contributed by atoms with Crippen molar-refractivity contribution >= 4 is 11.0 Å². The first-order valence-corrected chi connectivity index (χ1v) is 13.0. The van der Waals surface area contributed by atoms with Crippen LogP contribution < -0.4 is 0 Å². The zero-order valence-corrected chi connectivity index (χ0v) is 21.6.